The van der Waals surface area contributed by atoms with Gasteiger partial charge in [0.2, 0.25) is 5.91 Å². The summed E-state index contributed by atoms with van der Waals surface area (Å²) in [6.45, 7) is 2.59. The molecule has 2 aromatic rings. The second-order valence-corrected chi connectivity index (χ2v) is 7.74. The Morgan fingerprint density at radius 2 is 1.96 bits per heavy atom. The van der Waals surface area contributed by atoms with Crippen LogP contribution in [0.2, 0.25) is 0 Å². The lowest BCUT2D eigenvalue weighted by Crippen LogP contribution is -2.53. The molecule has 2 fully saturated rings. The van der Waals surface area contributed by atoms with Crippen LogP contribution in [0.4, 0.5) is 0 Å². The molecule has 1 saturated heterocycles. The molecule has 1 amide bonds. The normalized spacial score (nSPS) is 22.4. The average Bonchev–Trinajstić information content (AvgIpc) is 3.39. The molecule has 130 valence electrons. The molecule has 5 rings (SSSR count). The molecule has 1 spiro atoms. The summed E-state index contributed by atoms with van der Waals surface area (Å²) in [6.07, 6.45) is 8.06. The highest BCUT2D eigenvalue weighted by atomic mass is 16.2. The van der Waals surface area contributed by atoms with Gasteiger partial charge in [0, 0.05) is 37.9 Å². The van der Waals surface area contributed by atoms with E-state index >= 15 is 0 Å². The van der Waals surface area contributed by atoms with E-state index in [1.54, 1.807) is 0 Å². The second-order valence-electron chi connectivity index (χ2n) is 7.74. The number of aromatic nitrogens is 2. The van der Waals surface area contributed by atoms with E-state index < -0.39 is 0 Å². The first-order valence-electron chi connectivity index (χ1n) is 9.31. The zero-order chi connectivity index (χ0) is 17.0. The van der Waals surface area contributed by atoms with E-state index in [1.165, 1.54) is 11.3 Å². The number of hydrogen-bond acceptors (Lipinski definition) is 3. The van der Waals surface area contributed by atoms with Crippen molar-refractivity contribution in [1.82, 2.24) is 19.4 Å². The Morgan fingerprint density at radius 1 is 1.20 bits per heavy atom. The largest absolute Gasteiger partial charge is 0.342 e. The third-order valence-electron chi connectivity index (χ3n) is 6.28. The van der Waals surface area contributed by atoms with Crippen LogP contribution in [-0.2, 0) is 16.9 Å². The topological polar surface area (TPSA) is 41.4 Å². The minimum atomic E-state index is -0.0944. The van der Waals surface area contributed by atoms with Crippen LogP contribution in [0, 0.1) is 5.92 Å². The Kier molecular flexibility index (Phi) is 3.29. The lowest BCUT2D eigenvalue weighted by atomic mass is 9.84. The minimum absolute atomic E-state index is 0.0944. The Labute approximate surface area is 148 Å². The Bertz CT molecular complexity index is 815. The van der Waals surface area contributed by atoms with Gasteiger partial charge in [0.1, 0.15) is 5.82 Å². The smallest absolute Gasteiger partial charge is 0.225 e. The van der Waals surface area contributed by atoms with Crippen molar-refractivity contribution in [2.45, 2.75) is 37.8 Å². The van der Waals surface area contributed by atoms with Crippen molar-refractivity contribution < 1.29 is 4.79 Å². The number of para-hydroxylation sites is 1. The highest BCUT2D eigenvalue weighted by molar-refractivity contribution is 5.81. The van der Waals surface area contributed by atoms with E-state index in [0.717, 1.165) is 51.1 Å². The summed E-state index contributed by atoms with van der Waals surface area (Å²) in [4.78, 5) is 21.8. The monoisotopic (exact) mass is 336 g/mol. The maximum absolute atomic E-state index is 12.4. The predicted octanol–water partition coefficient (Wildman–Crippen LogP) is 2.55. The molecule has 1 saturated carbocycles. The van der Waals surface area contributed by atoms with Crippen LogP contribution in [-0.4, -0.2) is 45.4 Å². The minimum Gasteiger partial charge on any atom is -0.342 e. The standard InChI is InChI=1S/C20H24N4O/c1-22-14-16-4-2-3-5-17(16)24-13-10-21-19(24)20(22)8-11-23(12-9-20)18(25)15-6-7-15/h2-5,10,13,15H,6-9,11-12,14H2,1H3. The van der Waals surface area contributed by atoms with Gasteiger partial charge in [-0.05, 0) is 44.4 Å². The molecule has 0 radical (unpaired) electrons. The second kappa shape index (κ2) is 5.43. The van der Waals surface area contributed by atoms with Gasteiger partial charge in [-0.2, -0.15) is 0 Å². The molecule has 0 N–H and O–H groups in total. The lowest BCUT2D eigenvalue weighted by Gasteiger charge is -2.46. The van der Waals surface area contributed by atoms with Crippen LogP contribution >= 0.6 is 0 Å². The fraction of sp³-hybridized carbons (Fsp3) is 0.500. The molecular weight excluding hydrogens is 312 g/mol. The van der Waals surface area contributed by atoms with Gasteiger partial charge >= 0.3 is 0 Å². The summed E-state index contributed by atoms with van der Waals surface area (Å²) in [7, 11) is 2.21. The van der Waals surface area contributed by atoms with Crippen molar-refractivity contribution in [2.24, 2.45) is 5.92 Å². The fourth-order valence-electron chi connectivity index (χ4n) is 4.59. The van der Waals surface area contributed by atoms with Crippen molar-refractivity contribution in [1.29, 1.82) is 0 Å². The number of likely N-dealkylation sites (tertiary alicyclic amines) is 1. The highest BCUT2D eigenvalue weighted by Gasteiger charge is 2.46. The number of amides is 1. The zero-order valence-electron chi connectivity index (χ0n) is 14.7. The summed E-state index contributed by atoms with van der Waals surface area (Å²) >= 11 is 0. The number of carbonyl (C=O) groups is 1. The SMILES string of the molecule is CN1Cc2ccccc2-n2ccnc2C12CCN(C(=O)C1CC1)CC2. The van der Waals surface area contributed by atoms with Gasteiger partial charge in [-0.3, -0.25) is 9.69 Å². The summed E-state index contributed by atoms with van der Waals surface area (Å²) in [6, 6.07) is 8.59. The van der Waals surface area contributed by atoms with Crippen molar-refractivity contribution in [3.05, 3.63) is 48.0 Å². The molecule has 0 unspecified atom stereocenters. The molecule has 5 nitrogen and oxygen atoms in total. The molecule has 3 aliphatic rings. The third kappa shape index (κ3) is 2.25. The molecule has 3 heterocycles. The molecule has 1 aromatic carbocycles. The van der Waals surface area contributed by atoms with Gasteiger partial charge < -0.3 is 9.47 Å². The van der Waals surface area contributed by atoms with Crippen LogP contribution in [0.15, 0.2) is 36.7 Å². The molecule has 5 heteroatoms. The van der Waals surface area contributed by atoms with Crippen LogP contribution in [0.3, 0.4) is 0 Å². The molecule has 1 aromatic heterocycles. The first-order valence-corrected chi connectivity index (χ1v) is 9.31. The first-order chi connectivity index (χ1) is 12.2. The van der Waals surface area contributed by atoms with Crippen molar-refractivity contribution >= 4 is 5.91 Å². The number of benzene rings is 1. The molecule has 25 heavy (non-hydrogen) atoms. The number of rotatable bonds is 1. The summed E-state index contributed by atoms with van der Waals surface area (Å²) < 4.78 is 2.26. The van der Waals surface area contributed by atoms with Crippen LogP contribution in [0.25, 0.3) is 5.69 Å². The van der Waals surface area contributed by atoms with E-state index in [9.17, 15) is 4.79 Å². The number of imidazole rings is 1. The number of nitrogens with zero attached hydrogens (tertiary/aromatic N) is 4. The molecule has 2 aliphatic heterocycles. The average molecular weight is 336 g/mol. The maximum atomic E-state index is 12.4. The van der Waals surface area contributed by atoms with Crippen LogP contribution in [0.1, 0.15) is 37.1 Å². The quantitative estimate of drug-likeness (QED) is 0.804. The number of piperidine rings is 1. The maximum Gasteiger partial charge on any atom is 0.225 e. The van der Waals surface area contributed by atoms with Gasteiger partial charge in [-0.15, -0.1) is 0 Å². The van der Waals surface area contributed by atoms with E-state index in [2.05, 4.69) is 51.9 Å². The summed E-state index contributed by atoms with van der Waals surface area (Å²) in [5, 5.41) is 0. The Hall–Kier alpha value is -2.14. The first kappa shape index (κ1) is 15.1. The third-order valence-corrected chi connectivity index (χ3v) is 6.28. The molecule has 0 bridgehead atoms. The van der Waals surface area contributed by atoms with Crippen molar-refractivity contribution in [3.63, 3.8) is 0 Å². The van der Waals surface area contributed by atoms with Crippen molar-refractivity contribution in [3.8, 4) is 5.69 Å². The number of carbonyl (C=O) groups excluding carboxylic acids is 1. The summed E-state index contributed by atoms with van der Waals surface area (Å²) in [5.74, 6) is 1.81. The highest BCUT2D eigenvalue weighted by Crippen LogP contribution is 2.42. The number of fused-ring (bicyclic) bond motifs is 4. The van der Waals surface area contributed by atoms with Gasteiger partial charge in [-0.1, -0.05) is 18.2 Å². The fourth-order valence-corrected chi connectivity index (χ4v) is 4.59. The van der Waals surface area contributed by atoms with E-state index in [-0.39, 0.29) is 5.54 Å². The van der Waals surface area contributed by atoms with E-state index in [1.807, 2.05) is 6.20 Å². The van der Waals surface area contributed by atoms with Crippen molar-refractivity contribution in [2.75, 3.05) is 20.1 Å². The van der Waals surface area contributed by atoms with Gasteiger partial charge in [0.05, 0.1) is 11.2 Å². The van der Waals surface area contributed by atoms with Gasteiger partial charge in [0.25, 0.3) is 0 Å². The Balaban J connectivity index is 1.51. The van der Waals surface area contributed by atoms with E-state index in [4.69, 9.17) is 4.98 Å². The van der Waals surface area contributed by atoms with Crippen LogP contribution in [0.5, 0.6) is 0 Å². The van der Waals surface area contributed by atoms with Gasteiger partial charge in [-0.25, -0.2) is 4.98 Å². The molecular formula is C20H24N4O. The van der Waals surface area contributed by atoms with Gasteiger partial charge in [0.15, 0.2) is 0 Å². The Morgan fingerprint density at radius 3 is 2.72 bits per heavy atom. The summed E-state index contributed by atoms with van der Waals surface area (Å²) in [5.41, 5.74) is 2.47. The van der Waals surface area contributed by atoms with E-state index in [0.29, 0.717) is 11.8 Å². The molecule has 1 aliphatic carbocycles. The molecule has 0 atom stereocenters. The lowest BCUT2D eigenvalue weighted by molar-refractivity contribution is -0.135. The van der Waals surface area contributed by atoms with Crippen LogP contribution < -0.4 is 0 Å². The predicted molar refractivity (Wildman–Crippen MR) is 95.2 cm³/mol. The zero-order valence-corrected chi connectivity index (χ0v) is 14.7. The number of hydrogen-bond donors (Lipinski definition) is 0.